The fourth-order valence-corrected chi connectivity index (χ4v) is 1.43. The van der Waals surface area contributed by atoms with Crippen LogP contribution in [0.15, 0.2) is 42.7 Å². The third-order valence-corrected chi connectivity index (χ3v) is 2.29. The van der Waals surface area contributed by atoms with Gasteiger partial charge in [-0.2, -0.15) is 0 Å². The average molecular weight is 300 g/mol. The van der Waals surface area contributed by atoms with Crippen molar-refractivity contribution in [2.75, 3.05) is 0 Å². The van der Waals surface area contributed by atoms with E-state index in [2.05, 4.69) is 27.7 Å². The number of rotatable bonds is 3. The quantitative estimate of drug-likeness (QED) is 0.812. The first-order valence-electron chi connectivity index (χ1n) is 4.22. The molecule has 0 atom stereocenters. The zero-order valence-corrected chi connectivity index (χ0v) is 9.59. The minimum atomic E-state index is 0.540. The molecule has 0 radical (unpaired) electrons. The number of halogens is 1. The van der Waals surface area contributed by atoms with E-state index in [4.69, 9.17) is 4.84 Å². The molecule has 72 valence electrons. The first kappa shape index (κ1) is 9.51. The molecule has 1 aromatic heterocycles. The predicted octanol–water partition coefficient (Wildman–Crippen LogP) is 2.12. The van der Waals surface area contributed by atoms with Crippen molar-refractivity contribution >= 4 is 22.6 Å². The minimum absolute atomic E-state index is 0.540. The molecule has 2 rings (SSSR count). The monoisotopic (exact) mass is 300 g/mol. The van der Waals surface area contributed by atoms with E-state index < -0.39 is 0 Å². The van der Waals surface area contributed by atoms with Gasteiger partial charge >= 0.3 is 0 Å². The number of hydrogen-bond acceptors (Lipinski definition) is 2. The summed E-state index contributed by atoms with van der Waals surface area (Å²) in [5.74, 6) is 0. The molecule has 1 heterocycles. The SMILES string of the molecule is Ic1cnn(OCc2ccccc2)c1. The Hall–Kier alpha value is -1.04. The van der Waals surface area contributed by atoms with Gasteiger partial charge < -0.3 is 4.84 Å². The van der Waals surface area contributed by atoms with E-state index in [-0.39, 0.29) is 0 Å². The summed E-state index contributed by atoms with van der Waals surface area (Å²) in [6, 6.07) is 10.0. The van der Waals surface area contributed by atoms with E-state index in [0.29, 0.717) is 6.61 Å². The van der Waals surface area contributed by atoms with Crippen molar-refractivity contribution in [1.29, 1.82) is 0 Å². The van der Waals surface area contributed by atoms with Gasteiger partial charge in [-0.3, -0.25) is 0 Å². The number of hydrogen-bond donors (Lipinski definition) is 0. The lowest BCUT2D eigenvalue weighted by molar-refractivity contribution is 0.0699. The largest absolute Gasteiger partial charge is 0.392 e. The van der Waals surface area contributed by atoms with E-state index in [1.807, 2.05) is 36.5 Å². The third kappa shape index (κ3) is 2.47. The maximum absolute atomic E-state index is 5.41. The molecule has 0 unspecified atom stereocenters. The molecule has 2 aromatic rings. The van der Waals surface area contributed by atoms with Crippen molar-refractivity contribution in [2.24, 2.45) is 0 Å². The van der Waals surface area contributed by atoms with E-state index >= 15 is 0 Å². The molecule has 0 aliphatic carbocycles. The highest BCUT2D eigenvalue weighted by Gasteiger charge is 1.95. The lowest BCUT2D eigenvalue weighted by Crippen LogP contribution is -2.11. The fourth-order valence-electron chi connectivity index (χ4n) is 1.07. The highest BCUT2D eigenvalue weighted by molar-refractivity contribution is 14.1. The van der Waals surface area contributed by atoms with Crippen molar-refractivity contribution in [3.05, 3.63) is 51.9 Å². The summed E-state index contributed by atoms with van der Waals surface area (Å²) in [4.78, 5) is 6.89. The van der Waals surface area contributed by atoms with Crippen LogP contribution in [0.4, 0.5) is 0 Å². The van der Waals surface area contributed by atoms with Gasteiger partial charge in [-0.05, 0) is 28.2 Å². The van der Waals surface area contributed by atoms with Crippen LogP contribution in [0.2, 0.25) is 0 Å². The van der Waals surface area contributed by atoms with Crippen LogP contribution in [-0.4, -0.2) is 9.94 Å². The Morgan fingerprint density at radius 3 is 2.71 bits per heavy atom. The first-order chi connectivity index (χ1) is 6.84. The first-order valence-corrected chi connectivity index (χ1v) is 5.30. The molecule has 0 saturated carbocycles. The van der Waals surface area contributed by atoms with Gasteiger partial charge in [-0.25, -0.2) is 0 Å². The molecule has 0 bridgehead atoms. The van der Waals surface area contributed by atoms with Gasteiger partial charge in [-0.1, -0.05) is 30.3 Å². The molecule has 14 heavy (non-hydrogen) atoms. The average Bonchev–Trinajstić information content (AvgIpc) is 2.63. The molecule has 0 spiro atoms. The lowest BCUT2D eigenvalue weighted by atomic mass is 10.2. The maximum atomic E-state index is 5.41. The van der Waals surface area contributed by atoms with Crippen molar-refractivity contribution in [3.8, 4) is 0 Å². The zero-order chi connectivity index (χ0) is 9.80. The summed E-state index contributed by atoms with van der Waals surface area (Å²) in [5.41, 5.74) is 1.14. The van der Waals surface area contributed by atoms with E-state index in [9.17, 15) is 0 Å². The number of benzene rings is 1. The summed E-state index contributed by atoms with van der Waals surface area (Å²) in [6.45, 7) is 0.540. The molecule has 0 aliphatic rings. The molecule has 0 saturated heterocycles. The second-order valence-electron chi connectivity index (χ2n) is 2.82. The third-order valence-electron chi connectivity index (χ3n) is 1.73. The topological polar surface area (TPSA) is 27.1 Å². The fraction of sp³-hybridized carbons (Fsp3) is 0.100. The minimum Gasteiger partial charge on any atom is -0.392 e. The number of nitrogens with zero attached hydrogens (tertiary/aromatic N) is 2. The summed E-state index contributed by atoms with van der Waals surface area (Å²) < 4.78 is 1.07. The van der Waals surface area contributed by atoms with Gasteiger partial charge in [0, 0.05) is 0 Å². The highest BCUT2D eigenvalue weighted by Crippen LogP contribution is 2.02. The summed E-state index contributed by atoms with van der Waals surface area (Å²) >= 11 is 2.19. The van der Waals surface area contributed by atoms with Crippen LogP contribution in [0.25, 0.3) is 0 Å². The van der Waals surface area contributed by atoms with E-state index in [1.54, 1.807) is 6.20 Å². The van der Waals surface area contributed by atoms with Crippen LogP contribution in [0.1, 0.15) is 5.56 Å². The summed E-state index contributed by atoms with van der Waals surface area (Å²) in [7, 11) is 0. The Labute approximate surface area is 95.8 Å². The Bertz CT molecular complexity index is 400. The summed E-state index contributed by atoms with van der Waals surface area (Å²) in [6.07, 6.45) is 3.59. The molecule has 0 amide bonds. The number of aromatic nitrogens is 2. The second kappa shape index (κ2) is 4.45. The van der Waals surface area contributed by atoms with Gasteiger partial charge in [0.25, 0.3) is 0 Å². The summed E-state index contributed by atoms with van der Waals surface area (Å²) in [5, 5.41) is 4.02. The van der Waals surface area contributed by atoms with E-state index in [1.165, 1.54) is 4.85 Å². The molecular weight excluding hydrogens is 291 g/mol. The van der Waals surface area contributed by atoms with Crippen LogP contribution in [0.3, 0.4) is 0 Å². The normalized spacial score (nSPS) is 10.1. The molecular formula is C10H9IN2O. The van der Waals surface area contributed by atoms with Crippen molar-refractivity contribution in [1.82, 2.24) is 9.94 Å². The lowest BCUT2D eigenvalue weighted by Gasteiger charge is -2.03. The zero-order valence-electron chi connectivity index (χ0n) is 7.43. The van der Waals surface area contributed by atoms with Crippen molar-refractivity contribution in [3.63, 3.8) is 0 Å². The van der Waals surface area contributed by atoms with Gasteiger partial charge in [0.2, 0.25) is 0 Å². The van der Waals surface area contributed by atoms with Crippen molar-refractivity contribution < 1.29 is 4.84 Å². The maximum Gasteiger partial charge on any atom is 0.142 e. The Balaban J connectivity index is 1.95. The Kier molecular flexibility index (Phi) is 3.03. The molecule has 0 N–H and O–H groups in total. The van der Waals surface area contributed by atoms with Crippen LogP contribution in [0, 0.1) is 3.57 Å². The standard InChI is InChI=1S/C10H9IN2O/c11-10-6-12-13(7-10)14-8-9-4-2-1-3-5-9/h1-7H,8H2. The van der Waals surface area contributed by atoms with Crippen LogP contribution in [-0.2, 0) is 6.61 Å². The van der Waals surface area contributed by atoms with Crippen molar-refractivity contribution in [2.45, 2.75) is 6.61 Å². The van der Waals surface area contributed by atoms with Gasteiger partial charge in [0.1, 0.15) is 6.61 Å². The van der Waals surface area contributed by atoms with Crippen LogP contribution < -0.4 is 4.84 Å². The molecule has 0 fully saturated rings. The van der Waals surface area contributed by atoms with Gasteiger partial charge in [0.05, 0.1) is 16.0 Å². The Morgan fingerprint density at radius 1 is 1.29 bits per heavy atom. The van der Waals surface area contributed by atoms with Gasteiger partial charge in [0.15, 0.2) is 0 Å². The Morgan fingerprint density at radius 2 is 2.07 bits per heavy atom. The smallest absolute Gasteiger partial charge is 0.142 e. The predicted molar refractivity (Wildman–Crippen MR) is 61.7 cm³/mol. The molecule has 3 nitrogen and oxygen atoms in total. The van der Waals surface area contributed by atoms with Crippen LogP contribution >= 0.6 is 22.6 Å². The van der Waals surface area contributed by atoms with E-state index in [0.717, 1.165) is 9.13 Å². The van der Waals surface area contributed by atoms with Crippen LogP contribution in [0.5, 0.6) is 0 Å². The van der Waals surface area contributed by atoms with Gasteiger partial charge in [-0.15, -0.1) is 9.94 Å². The highest BCUT2D eigenvalue weighted by atomic mass is 127. The molecule has 0 aliphatic heterocycles. The molecule has 1 aromatic carbocycles. The second-order valence-corrected chi connectivity index (χ2v) is 4.07. The molecule has 4 heteroatoms.